The number of rotatable bonds is 4. The molecular formula is C16H20Cl2N2O2. The van der Waals surface area contributed by atoms with Crippen molar-refractivity contribution in [2.45, 2.75) is 38.5 Å². The summed E-state index contributed by atoms with van der Waals surface area (Å²) in [7, 11) is 0. The molecule has 1 aliphatic rings. The van der Waals surface area contributed by atoms with Gasteiger partial charge in [0, 0.05) is 6.54 Å². The van der Waals surface area contributed by atoms with E-state index in [1.165, 1.54) is 32.1 Å². The fourth-order valence-corrected chi connectivity index (χ4v) is 3.07. The van der Waals surface area contributed by atoms with Gasteiger partial charge in [-0.15, -0.1) is 0 Å². The molecule has 1 aliphatic carbocycles. The van der Waals surface area contributed by atoms with Crippen LogP contribution < -0.4 is 10.6 Å². The summed E-state index contributed by atoms with van der Waals surface area (Å²) in [4.78, 5) is 23.6. The van der Waals surface area contributed by atoms with Crippen molar-refractivity contribution in [2.75, 3.05) is 11.9 Å². The Morgan fingerprint density at radius 3 is 2.55 bits per heavy atom. The number of amides is 2. The van der Waals surface area contributed by atoms with Crippen molar-refractivity contribution in [3.8, 4) is 0 Å². The van der Waals surface area contributed by atoms with Crippen LogP contribution in [-0.4, -0.2) is 18.4 Å². The minimum absolute atomic E-state index is 0.229. The van der Waals surface area contributed by atoms with Crippen LogP contribution in [0.2, 0.25) is 10.0 Å². The quantitative estimate of drug-likeness (QED) is 0.812. The van der Waals surface area contributed by atoms with Crippen molar-refractivity contribution >= 4 is 40.7 Å². The van der Waals surface area contributed by atoms with Crippen LogP contribution >= 0.6 is 23.2 Å². The molecule has 0 saturated heterocycles. The van der Waals surface area contributed by atoms with Crippen LogP contribution in [0.1, 0.15) is 38.5 Å². The Kier molecular flexibility index (Phi) is 6.52. The van der Waals surface area contributed by atoms with Gasteiger partial charge >= 0.3 is 11.8 Å². The standard InChI is InChI=1S/C16H20Cl2N2O2/c17-12-7-4-8-13(14(12)18)20-16(22)15(21)19-10-9-11-5-2-1-3-6-11/h4,7-8,11H,1-3,5-6,9-10H2,(H,19,21)(H,20,22). The first-order valence-electron chi connectivity index (χ1n) is 7.61. The van der Waals surface area contributed by atoms with Crippen molar-refractivity contribution in [2.24, 2.45) is 5.92 Å². The number of hydrogen-bond acceptors (Lipinski definition) is 2. The van der Waals surface area contributed by atoms with E-state index in [1.54, 1.807) is 18.2 Å². The van der Waals surface area contributed by atoms with Gasteiger partial charge in [-0.25, -0.2) is 0 Å². The Bertz CT molecular complexity index is 543. The number of carbonyl (C=O) groups excluding carboxylic acids is 2. The van der Waals surface area contributed by atoms with Crippen LogP contribution in [0.25, 0.3) is 0 Å². The Balaban J connectivity index is 1.77. The summed E-state index contributed by atoms with van der Waals surface area (Å²) in [5.41, 5.74) is 0.335. The fraction of sp³-hybridized carbons (Fsp3) is 0.500. The molecule has 0 radical (unpaired) electrons. The number of benzene rings is 1. The summed E-state index contributed by atoms with van der Waals surface area (Å²) in [5, 5.41) is 5.69. The molecule has 6 heteroatoms. The average Bonchev–Trinajstić information content (AvgIpc) is 2.52. The molecular weight excluding hydrogens is 323 g/mol. The normalized spacial score (nSPS) is 15.4. The molecule has 2 amide bonds. The van der Waals surface area contributed by atoms with Gasteiger partial charge in [-0.05, 0) is 24.5 Å². The van der Waals surface area contributed by atoms with Crippen LogP contribution in [0.15, 0.2) is 18.2 Å². The summed E-state index contributed by atoms with van der Waals surface area (Å²) in [5.74, 6) is -0.709. The third kappa shape index (κ3) is 4.89. The maximum atomic E-state index is 11.8. The molecule has 2 N–H and O–H groups in total. The van der Waals surface area contributed by atoms with Gasteiger partial charge in [0.05, 0.1) is 15.7 Å². The lowest BCUT2D eigenvalue weighted by molar-refractivity contribution is -0.136. The third-order valence-electron chi connectivity index (χ3n) is 3.97. The number of nitrogens with one attached hydrogen (secondary N) is 2. The molecule has 1 aromatic rings. The van der Waals surface area contributed by atoms with Crippen LogP contribution in [0.5, 0.6) is 0 Å². The van der Waals surface area contributed by atoms with Gasteiger partial charge in [0.15, 0.2) is 0 Å². The van der Waals surface area contributed by atoms with E-state index in [0.29, 0.717) is 23.2 Å². The minimum Gasteiger partial charge on any atom is -0.348 e. The summed E-state index contributed by atoms with van der Waals surface area (Å²) in [6.45, 7) is 0.528. The molecule has 0 unspecified atom stereocenters. The smallest absolute Gasteiger partial charge is 0.313 e. The topological polar surface area (TPSA) is 58.2 Å². The van der Waals surface area contributed by atoms with Gasteiger partial charge in [-0.2, -0.15) is 0 Å². The second-order valence-electron chi connectivity index (χ2n) is 5.60. The second-order valence-corrected chi connectivity index (χ2v) is 6.39. The predicted octanol–water partition coefficient (Wildman–Crippen LogP) is 4.02. The molecule has 1 aromatic carbocycles. The van der Waals surface area contributed by atoms with Gasteiger partial charge < -0.3 is 10.6 Å². The molecule has 0 spiro atoms. The molecule has 2 rings (SSSR count). The van der Waals surface area contributed by atoms with Gasteiger partial charge in [-0.1, -0.05) is 61.4 Å². The van der Waals surface area contributed by atoms with Crippen molar-refractivity contribution in [1.82, 2.24) is 5.32 Å². The zero-order valence-electron chi connectivity index (χ0n) is 12.3. The lowest BCUT2D eigenvalue weighted by Gasteiger charge is -2.21. The van der Waals surface area contributed by atoms with E-state index < -0.39 is 11.8 Å². The second kappa shape index (κ2) is 8.39. The molecule has 0 aliphatic heterocycles. The minimum atomic E-state index is -0.729. The number of halogens is 2. The Hall–Kier alpha value is -1.26. The van der Waals surface area contributed by atoms with E-state index in [9.17, 15) is 9.59 Å². The highest BCUT2D eigenvalue weighted by atomic mass is 35.5. The van der Waals surface area contributed by atoms with Gasteiger partial charge in [0.1, 0.15) is 0 Å². The number of anilines is 1. The van der Waals surface area contributed by atoms with Crippen LogP contribution in [0, 0.1) is 5.92 Å². The molecule has 1 fully saturated rings. The van der Waals surface area contributed by atoms with Crippen molar-refractivity contribution in [3.05, 3.63) is 28.2 Å². The third-order valence-corrected chi connectivity index (χ3v) is 4.79. The SMILES string of the molecule is O=C(NCCC1CCCCC1)C(=O)Nc1cccc(Cl)c1Cl. The Morgan fingerprint density at radius 2 is 1.82 bits per heavy atom. The average molecular weight is 343 g/mol. The molecule has 22 heavy (non-hydrogen) atoms. The molecule has 1 saturated carbocycles. The number of carbonyl (C=O) groups is 2. The maximum absolute atomic E-state index is 11.8. The lowest BCUT2D eigenvalue weighted by Crippen LogP contribution is -2.36. The molecule has 0 heterocycles. The first-order chi connectivity index (χ1) is 10.6. The van der Waals surface area contributed by atoms with E-state index in [-0.39, 0.29) is 5.02 Å². The van der Waals surface area contributed by atoms with Crippen LogP contribution in [-0.2, 0) is 9.59 Å². The van der Waals surface area contributed by atoms with Gasteiger partial charge in [0.25, 0.3) is 0 Å². The monoisotopic (exact) mass is 342 g/mol. The first-order valence-corrected chi connectivity index (χ1v) is 8.36. The van der Waals surface area contributed by atoms with E-state index in [1.807, 2.05) is 0 Å². The highest BCUT2D eigenvalue weighted by Crippen LogP contribution is 2.29. The van der Waals surface area contributed by atoms with Crippen molar-refractivity contribution in [1.29, 1.82) is 0 Å². The summed E-state index contributed by atoms with van der Waals surface area (Å²) < 4.78 is 0. The lowest BCUT2D eigenvalue weighted by atomic mass is 9.87. The van der Waals surface area contributed by atoms with Crippen molar-refractivity contribution < 1.29 is 9.59 Å². The molecule has 0 atom stereocenters. The summed E-state index contributed by atoms with van der Waals surface area (Å²) >= 11 is 11.8. The van der Waals surface area contributed by atoms with Gasteiger partial charge in [-0.3, -0.25) is 9.59 Å². The van der Waals surface area contributed by atoms with Crippen molar-refractivity contribution in [3.63, 3.8) is 0 Å². The number of hydrogen-bond donors (Lipinski definition) is 2. The molecule has 120 valence electrons. The summed E-state index contributed by atoms with van der Waals surface area (Å²) in [6.07, 6.45) is 7.22. The maximum Gasteiger partial charge on any atom is 0.313 e. The predicted molar refractivity (Wildman–Crippen MR) is 89.3 cm³/mol. The van der Waals surface area contributed by atoms with E-state index in [0.717, 1.165) is 6.42 Å². The van der Waals surface area contributed by atoms with Gasteiger partial charge in [0.2, 0.25) is 0 Å². The highest BCUT2D eigenvalue weighted by Gasteiger charge is 2.17. The molecule has 4 nitrogen and oxygen atoms in total. The Morgan fingerprint density at radius 1 is 1.09 bits per heavy atom. The summed E-state index contributed by atoms with van der Waals surface area (Å²) in [6, 6.07) is 4.87. The highest BCUT2D eigenvalue weighted by molar-refractivity contribution is 6.45. The zero-order chi connectivity index (χ0) is 15.9. The first kappa shape index (κ1) is 17.1. The van der Waals surface area contributed by atoms with E-state index in [4.69, 9.17) is 23.2 Å². The van der Waals surface area contributed by atoms with Crippen LogP contribution in [0.3, 0.4) is 0 Å². The van der Waals surface area contributed by atoms with Crippen LogP contribution in [0.4, 0.5) is 5.69 Å². The zero-order valence-corrected chi connectivity index (χ0v) is 13.8. The van der Waals surface area contributed by atoms with E-state index >= 15 is 0 Å². The largest absolute Gasteiger partial charge is 0.348 e. The molecule has 0 bridgehead atoms. The van der Waals surface area contributed by atoms with E-state index in [2.05, 4.69) is 10.6 Å². The molecule has 0 aromatic heterocycles. The fourth-order valence-electron chi connectivity index (χ4n) is 2.73. The Labute approximate surface area is 140 Å².